The van der Waals surface area contributed by atoms with Crippen molar-refractivity contribution >= 4 is 29.1 Å². The summed E-state index contributed by atoms with van der Waals surface area (Å²) < 4.78 is 5.10. The zero-order valence-electron chi connectivity index (χ0n) is 15.4. The smallest absolute Gasteiger partial charge is 0.340 e. The van der Waals surface area contributed by atoms with Gasteiger partial charge in [-0.2, -0.15) is 4.98 Å². The molecule has 0 fully saturated rings. The number of hydrogen-bond acceptors (Lipinski definition) is 6. The van der Waals surface area contributed by atoms with Gasteiger partial charge in [-0.3, -0.25) is 0 Å². The van der Waals surface area contributed by atoms with Gasteiger partial charge in [-0.1, -0.05) is 31.2 Å². The lowest BCUT2D eigenvalue weighted by molar-refractivity contribution is 0.0527. The summed E-state index contributed by atoms with van der Waals surface area (Å²) in [4.78, 5) is 20.8. The Morgan fingerprint density at radius 1 is 1.00 bits per heavy atom. The van der Waals surface area contributed by atoms with Crippen molar-refractivity contribution in [2.45, 2.75) is 20.3 Å². The van der Waals surface area contributed by atoms with E-state index in [-0.39, 0.29) is 5.97 Å². The average molecular weight is 362 g/mol. The number of ether oxygens (including phenoxy) is 1. The average Bonchev–Trinajstić information content (AvgIpc) is 2.69. The van der Waals surface area contributed by atoms with E-state index < -0.39 is 0 Å². The normalized spacial score (nSPS) is 10.3. The van der Waals surface area contributed by atoms with E-state index in [0.717, 1.165) is 12.1 Å². The number of carbonyl (C=O) groups is 1. The first-order valence-electron chi connectivity index (χ1n) is 8.91. The molecule has 2 N–H and O–H groups in total. The first-order chi connectivity index (χ1) is 13.2. The molecule has 6 nitrogen and oxygen atoms in total. The quantitative estimate of drug-likeness (QED) is 0.593. The number of aromatic nitrogens is 2. The van der Waals surface area contributed by atoms with Crippen molar-refractivity contribution < 1.29 is 9.53 Å². The molecule has 0 atom stereocenters. The second kappa shape index (κ2) is 8.80. The summed E-state index contributed by atoms with van der Waals surface area (Å²) in [6.07, 6.45) is 2.66. The molecular weight excluding hydrogens is 340 g/mol. The highest BCUT2D eigenvalue weighted by Crippen LogP contribution is 2.21. The molecule has 27 heavy (non-hydrogen) atoms. The van der Waals surface area contributed by atoms with Gasteiger partial charge in [0, 0.05) is 11.9 Å². The molecule has 1 aromatic heterocycles. The lowest BCUT2D eigenvalue weighted by Crippen LogP contribution is -2.09. The van der Waals surface area contributed by atoms with Crippen LogP contribution in [-0.2, 0) is 11.2 Å². The molecular formula is C21H22N4O2. The van der Waals surface area contributed by atoms with Crippen LogP contribution in [0.1, 0.15) is 29.8 Å². The molecule has 0 aliphatic carbocycles. The zero-order valence-corrected chi connectivity index (χ0v) is 15.4. The number of rotatable bonds is 7. The molecule has 0 saturated carbocycles. The molecule has 3 aromatic rings. The second-order valence-electron chi connectivity index (χ2n) is 5.83. The second-order valence-corrected chi connectivity index (χ2v) is 5.83. The largest absolute Gasteiger partial charge is 0.462 e. The van der Waals surface area contributed by atoms with E-state index in [9.17, 15) is 4.79 Å². The van der Waals surface area contributed by atoms with Gasteiger partial charge in [0.25, 0.3) is 0 Å². The Hall–Kier alpha value is -3.41. The number of para-hydroxylation sites is 1. The third-order valence-electron chi connectivity index (χ3n) is 3.96. The minimum atomic E-state index is -0.383. The van der Waals surface area contributed by atoms with Crippen molar-refractivity contribution in [2.24, 2.45) is 0 Å². The third-order valence-corrected chi connectivity index (χ3v) is 3.96. The van der Waals surface area contributed by atoms with Crippen molar-refractivity contribution in [2.75, 3.05) is 17.2 Å². The van der Waals surface area contributed by atoms with E-state index in [1.54, 1.807) is 37.4 Å². The van der Waals surface area contributed by atoms with E-state index in [4.69, 9.17) is 4.74 Å². The van der Waals surface area contributed by atoms with Crippen LogP contribution in [0.5, 0.6) is 0 Å². The topological polar surface area (TPSA) is 76.1 Å². The number of nitrogens with zero attached hydrogens (tertiary/aromatic N) is 2. The van der Waals surface area contributed by atoms with Crippen LogP contribution in [0.15, 0.2) is 60.8 Å². The predicted molar refractivity (Wildman–Crippen MR) is 107 cm³/mol. The van der Waals surface area contributed by atoms with Crippen LogP contribution < -0.4 is 10.6 Å². The van der Waals surface area contributed by atoms with Gasteiger partial charge in [0.1, 0.15) is 5.82 Å². The Bertz CT molecular complexity index is 910. The molecule has 0 unspecified atom stereocenters. The first-order valence-corrected chi connectivity index (χ1v) is 8.91. The Morgan fingerprint density at radius 3 is 2.52 bits per heavy atom. The summed E-state index contributed by atoms with van der Waals surface area (Å²) in [6.45, 7) is 4.22. The van der Waals surface area contributed by atoms with Gasteiger partial charge in [-0.25, -0.2) is 9.78 Å². The Kier molecular flexibility index (Phi) is 5.99. The van der Waals surface area contributed by atoms with E-state index in [1.807, 2.05) is 18.2 Å². The first kappa shape index (κ1) is 18.4. The van der Waals surface area contributed by atoms with Crippen LogP contribution in [0, 0.1) is 0 Å². The van der Waals surface area contributed by atoms with Crippen LogP contribution in [0.2, 0.25) is 0 Å². The maximum Gasteiger partial charge on any atom is 0.340 e. The lowest BCUT2D eigenvalue weighted by atomic mass is 10.1. The summed E-state index contributed by atoms with van der Waals surface area (Å²) in [5.41, 5.74) is 3.27. The van der Waals surface area contributed by atoms with Gasteiger partial charge in [0.15, 0.2) is 0 Å². The molecule has 3 rings (SSSR count). The van der Waals surface area contributed by atoms with Gasteiger partial charge >= 0.3 is 5.97 Å². The molecule has 2 aromatic carbocycles. The number of aryl methyl sites for hydroxylation is 1. The van der Waals surface area contributed by atoms with Crippen LogP contribution in [0.25, 0.3) is 0 Å². The van der Waals surface area contributed by atoms with Crippen molar-refractivity contribution in [3.05, 3.63) is 71.9 Å². The van der Waals surface area contributed by atoms with Gasteiger partial charge < -0.3 is 15.4 Å². The van der Waals surface area contributed by atoms with Gasteiger partial charge in [-0.05, 0) is 49.2 Å². The number of carbonyl (C=O) groups excluding carboxylic acids is 1. The van der Waals surface area contributed by atoms with E-state index in [2.05, 4.69) is 39.7 Å². The molecule has 138 valence electrons. The fourth-order valence-corrected chi connectivity index (χ4v) is 2.56. The van der Waals surface area contributed by atoms with E-state index in [0.29, 0.717) is 29.6 Å². The molecule has 6 heteroatoms. The standard InChI is InChI=1S/C21H22N4O2/c1-3-15-9-11-16(12-10-15)23-19-13-14-22-21(25-19)24-18-8-6-5-7-17(18)20(26)27-4-2/h5-14H,3-4H2,1-2H3,(H2,22,23,24,25). The van der Waals surface area contributed by atoms with Crippen molar-refractivity contribution in [3.63, 3.8) is 0 Å². The summed E-state index contributed by atoms with van der Waals surface area (Å²) in [5.74, 6) is 0.665. The Labute approximate surface area is 158 Å². The maximum atomic E-state index is 12.1. The van der Waals surface area contributed by atoms with Crippen LogP contribution in [0.4, 0.5) is 23.1 Å². The Balaban J connectivity index is 1.77. The Morgan fingerprint density at radius 2 is 1.78 bits per heavy atom. The van der Waals surface area contributed by atoms with E-state index >= 15 is 0 Å². The number of benzene rings is 2. The van der Waals surface area contributed by atoms with Crippen molar-refractivity contribution in [3.8, 4) is 0 Å². The molecule has 0 spiro atoms. The molecule has 0 aliphatic heterocycles. The summed E-state index contributed by atoms with van der Waals surface area (Å²) in [5, 5.41) is 6.35. The highest BCUT2D eigenvalue weighted by molar-refractivity contribution is 5.96. The monoisotopic (exact) mass is 362 g/mol. The number of anilines is 4. The molecule has 1 heterocycles. The highest BCUT2D eigenvalue weighted by atomic mass is 16.5. The van der Waals surface area contributed by atoms with Crippen molar-refractivity contribution in [1.29, 1.82) is 0 Å². The van der Waals surface area contributed by atoms with E-state index in [1.165, 1.54) is 5.56 Å². The fourth-order valence-electron chi connectivity index (χ4n) is 2.56. The molecule has 0 bridgehead atoms. The number of nitrogens with one attached hydrogen (secondary N) is 2. The van der Waals surface area contributed by atoms with Gasteiger partial charge in [0.2, 0.25) is 5.95 Å². The maximum absolute atomic E-state index is 12.1. The molecule has 0 amide bonds. The minimum absolute atomic E-state index is 0.319. The fraction of sp³-hybridized carbons (Fsp3) is 0.190. The highest BCUT2D eigenvalue weighted by Gasteiger charge is 2.12. The number of esters is 1. The summed E-state index contributed by atoms with van der Waals surface area (Å²) in [7, 11) is 0. The zero-order chi connectivity index (χ0) is 19.1. The molecule has 0 saturated heterocycles. The van der Waals surface area contributed by atoms with Gasteiger partial charge in [0.05, 0.1) is 17.9 Å². The predicted octanol–water partition coefficient (Wildman–Crippen LogP) is 4.70. The molecule has 0 radical (unpaired) electrons. The SMILES string of the molecule is CCOC(=O)c1ccccc1Nc1nccc(Nc2ccc(CC)cc2)n1. The van der Waals surface area contributed by atoms with Crippen LogP contribution in [-0.4, -0.2) is 22.5 Å². The van der Waals surface area contributed by atoms with Gasteiger partial charge in [-0.15, -0.1) is 0 Å². The van der Waals surface area contributed by atoms with Crippen molar-refractivity contribution in [1.82, 2.24) is 9.97 Å². The summed E-state index contributed by atoms with van der Waals surface area (Å²) >= 11 is 0. The lowest BCUT2D eigenvalue weighted by Gasteiger charge is -2.11. The van der Waals surface area contributed by atoms with Crippen LogP contribution >= 0.6 is 0 Å². The third kappa shape index (κ3) is 4.82. The summed E-state index contributed by atoms with van der Waals surface area (Å²) in [6, 6.07) is 17.1. The van der Waals surface area contributed by atoms with Crippen LogP contribution in [0.3, 0.4) is 0 Å². The minimum Gasteiger partial charge on any atom is -0.462 e. The number of hydrogen-bond donors (Lipinski definition) is 2. The molecule has 0 aliphatic rings.